The van der Waals surface area contributed by atoms with Crippen LogP contribution in [0.2, 0.25) is 0 Å². The van der Waals surface area contributed by atoms with Crippen LogP contribution in [0, 0.1) is 20.8 Å². The molecule has 0 unspecified atom stereocenters. The zero-order valence-electron chi connectivity index (χ0n) is 18.7. The third kappa shape index (κ3) is 3.96. The number of fused-ring (bicyclic) bond motifs is 1. The average molecular weight is 462 g/mol. The second kappa shape index (κ2) is 8.33. The number of aryl methyl sites for hydroxylation is 3. The number of rotatable bonds is 5. The zero-order valence-corrected chi connectivity index (χ0v) is 19.6. The molecule has 0 fully saturated rings. The molecule has 6 nitrogen and oxygen atoms in total. The largest absolute Gasteiger partial charge is 0.461 e. The first-order valence-electron chi connectivity index (χ1n) is 10.4. The third-order valence-electron chi connectivity index (χ3n) is 5.49. The Kier molecular flexibility index (Phi) is 5.68. The molecular formula is C26H23NO5S. The molecule has 0 radical (unpaired) electrons. The number of carbonyl (C=O) groups excluding carboxylic acids is 2. The van der Waals surface area contributed by atoms with Crippen molar-refractivity contribution in [2.45, 2.75) is 32.6 Å². The molecule has 3 aromatic carbocycles. The van der Waals surface area contributed by atoms with E-state index < -0.39 is 15.9 Å². The lowest BCUT2D eigenvalue weighted by Crippen LogP contribution is -2.37. The number of amides is 1. The summed E-state index contributed by atoms with van der Waals surface area (Å²) in [7, 11) is -4.28. The minimum Gasteiger partial charge on any atom is -0.461 e. The highest BCUT2D eigenvalue weighted by Crippen LogP contribution is 2.34. The number of anilines is 1. The maximum absolute atomic E-state index is 13.9. The van der Waals surface area contributed by atoms with Crippen LogP contribution in [0.5, 0.6) is 0 Å². The molecule has 4 rings (SSSR count). The van der Waals surface area contributed by atoms with Gasteiger partial charge in [-0.05, 0) is 69.7 Å². The van der Waals surface area contributed by atoms with Gasteiger partial charge in [-0.2, -0.15) is 4.31 Å². The number of carbonyl (C=O) groups is 2. The summed E-state index contributed by atoms with van der Waals surface area (Å²) in [6.07, 6.45) is 0. The van der Waals surface area contributed by atoms with E-state index in [0.717, 1.165) is 9.87 Å². The van der Waals surface area contributed by atoms with Crippen LogP contribution in [0.3, 0.4) is 0 Å². The predicted octanol–water partition coefficient (Wildman–Crippen LogP) is 5.60. The zero-order chi connectivity index (χ0) is 23.9. The van der Waals surface area contributed by atoms with Gasteiger partial charge in [-0.15, -0.1) is 0 Å². The van der Waals surface area contributed by atoms with E-state index in [-0.39, 0.29) is 21.9 Å². The molecule has 0 atom stereocenters. The van der Waals surface area contributed by atoms with Crippen molar-refractivity contribution < 1.29 is 22.4 Å². The fourth-order valence-electron chi connectivity index (χ4n) is 4.02. The Morgan fingerprint density at radius 3 is 2.21 bits per heavy atom. The topological polar surface area (TPSA) is 84.7 Å². The number of sulfonamides is 1. The Morgan fingerprint density at radius 1 is 0.879 bits per heavy atom. The highest BCUT2D eigenvalue weighted by Gasteiger charge is 2.33. The van der Waals surface area contributed by atoms with Crippen LogP contribution < -0.4 is 4.31 Å². The van der Waals surface area contributed by atoms with Crippen molar-refractivity contribution >= 4 is 38.4 Å². The van der Waals surface area contributed by atoms with Gasteiger partial charge in [0.05, 0.1) is 16.1 Å². The maximum Gasteiger partial charge on any atom is 0.272 e. The van der Waals surface area contributed by atoms with Crippen molar-refractivity contribution in [1.82, 2.24) is 0 Å². The van der Waals surface area contributed by atoms with Crippen molar-refractivity contribution in [2.75, 3.05) is 4.31 Å². The number of hydrogen-bond donors (Lipinski definition) is 0. The Hall–Kier alpha value is -3.71. The van der Waals surface area contributed by atoms with E-state index in [1.54, 1.807) is 62.4 Å². The predicted molar refractivity (Wildman–Crippen MR) is 127 cm³/mol. The van der Waals surface area contributed by atoms with Crippen molar-refractivity contribution in [2.24, 2.45) is 0 Å². The van der Waals surface area contributed by atoms with Gasteiger partial charge in [0.1, 0.15) is 11.3 Å². The average Bonchev–Trinajstić information content (AvgIpc) is 3.09. The van der Waals surface area contributed by atoms with Crippen LogP contribution in [-0.2, 0) is 10.0 Å². The standard InChI is InChI=1S/C26H23NO5S/c1-16-10-13-24(17(2)14-16)33(30,31)27(26(29)20-8-6-5-7-9-20)21-11-12-23-22(15-21)25(18(3)28)19(4)32-23/h5-15H,1-4H3. The first-order valence-corrected chi connectivity index (χ1v) is 11.8. The number of benzene rings is 3. The van der Waals surface area contributed by atoms with Crippen LogP contribution in [-0.4, -0.2) is 20.1 Å². The van der Waals surface area contributed by atoms with E-state index in [2.05, 4.69) is 0 Å². The van der Waals surface area contributed by atoms with E-state index in [4.69, 9.17) is 4.42 Å². The second-order valence-corrected chi connectivity index (χ2v) is 9.73. The van der Waals surface area contributed by atoms with Crippen LogP contribution in [0.25, 0.3) is 11.0 Å². The SMILES string of the molecule is CC(=O)c1c(C)oc2ccc(N(C(=O)c3ccccc3)S(=O)(=O)c3ccc(C)cc3C)cc12. The fraction of sp³-hybridized carbons (Fsp3) is 0.154. The molecule has 0 saturated heterocycles. The Bertz CT molecular complexity index is 1500. The quantitative estimate of drug-likeness (QED) is 0.361. The van der Waals surface area contributed by atoms with Gasteiger partial charge in [-0.3, -0.25) is 9.59 Å². The molecule has 0 aliphatic rings. The molecule has 1 heterocycles. The summed E-state index contributed by atoms with van der Waals surface area (Å²) in [6.45, 7) is 6.66. The van der Waals surface area contributed by atoms with Gasteiger partial charge >= 0.3 is 0 Å². The summed E-state index contributed by atoms with van der Waals surface area (Å²) in [5.41, 5.74) is 2.60. The van der Waals surface area contributed by atoms with Crippen molar-refractivity contribution in [3.63, 3.8) is 0 Å². The molecule has 0 aliphatic heterocycles. The Labute approximate surface area is 192 Å². The van der Waals surface area contributed by atoms with Gasteiger partial charge in [-0.25, -0.2) is 8.42 Å². The monoisotopic (exact) mass is 461 g/mol. The van der Waals surface area contributed by atoms with Crippen LogP contribution in [0.1, 0.15) is 44.5 Å². The molecule has 0 saturated carbocycles. The van der Waals surface area contributed by atoms with Gasteiger partial charge in [0.25, 0.3) is 15.9 Å². The second-order valence-electron chi connectivity index (χ2n) is 7.98. The van der Waals surface area contributed by atoms with Gasteiger partial charge in [0.15, 0.2) is 5.78 Å². The smallest absolute Gasteiger partial charge is 0.272 e. The lowest BCUT2D eigenvalue weighted by atomic mass is 10.1. The molecule has 7 heteroatoms. The molecule has 1 amide bonds. The number of ketones is 1. The highest BCUT2D eigenvalue weighted by atomic mass is 32.2. The summed E-state index contributed by atoms with van der Waals surface area (Å²) in [5.74, 6) is -0.464. The molecule has 1 aromatic heterocycles. The van der Waals surface area contributed by atoms with Gasteiger partial charge < -0.3 is 4.42 Å². The van der Waals surface area contributed by atoms with E-state index in [0.29, 0.717) is 27.9 Å². The molecular weight excluding hydrogens is 438 g/mol. The lowest BCUT2D eigenvalue weighted by Gasteiger charge is -2.24. The number of hydrogen-bond acceptors (Lipinski definition) is 5. The van der Waals surface area contributed by atoms with E-state index in [1.165, 1.54) is 25.1 Å². The molecule has 0 spiro atoms. The minimum absolute atomic E-state index is 0.0349. The van der Waals surface area contributed by atoms with Gasteiger partial charge in [0.2, 0.25) is 0 Å². The van der Waals surface area contributed by atoms with E-state index in [1.807, 2.05) is 6.92 Å². The first kappa shape index (κ1) is 22.5. The maximum atomic E-state index is 13.9. The minimum atomic E-state index is -4.28. The lowest BCUT2D eigenvalue weighted by molar-refractivity contribution is 0.1000. The van der Waals surface area contributed by atoms with Crippen LogP contribution in [0.15, 0.2) is 76.0 Å². The number of Topliss-reactive ketones (excluding diaryl/α,β-unsaturated/α-hetero) is 1. The van der Waals surface area contributed by atoms with Crippen LogP contribution >= 0.6 is 0 Å². The number of furan rings is 1. The normalized spacial score (nSPS) is 11.5. The van der Waals surface area contributed by atoms with E-state index in [9.17, 15) is 18.0 Å². The highest BCUT2D eigenvalue weighted by molar-refractivity contribution is 7.93. The van der Waals surface area contributed by atoms with Crippen molar-refractivity contribution in [3.05, 3.63) is 94.7 Å². The van der Waals surface area contributed by atoms with Crippen molar-refractivity contribution in [1.29, 1.82) is 0 Å². The van der Waals surface area contributed by atoms with E-state index >= 15 is 0 Å². The summed E-state index contributed by atoms with van der Waals surface area (Å²) in [5, 5.41) is 0.458. The van der Waals surface area contributed by atoms with Gasteiger partial charge in [0, 0.05) is 10.9 Å². The molecule has 168 valence electrons. The molecule has 0 N–H and O–H groups in total. The summed E-state index contributed by atoms with van der Waals surface area (Å²) in [4.78, 5) is 25.8. The fourth-order valence-corrected chi connectivity index (χ4v) is 5.64. The molecule has 4 aromatic rings. The molecule has 0 bridgehead atoms. The summed E-state index contributed by atoms with van der Waals surface area (Å²) < 4.78 is 34.2. The van der Waals surface area contributed by atoms with Gasteiger partial charge in [-0.1, -0.05) is 35.9 Å². The third-order valence-corrected chi connectivity index (χ3v) is 7.36. The Balaban J connectivity index is 1.98. The Morgan fingerprint density at radius 2 is 1.58 bits per heavy atom. The molecule has 0 aliphatic carbocycles. The first-order chi connectivity index (χ1) is 15.6. The summed E-state index contributed by atoms with van der Waals surface area (Å²) >= 11 is 0. The number of nitrogens with zero attached hydrogens (tertiary/aromatic N) is 1. The van der Waals surface area contributed by atoms with Crippen molar-refractivity contribution in [3.8, 4) is 0 Å². The molecule has 33 heavy (non-hydrogen) atoms. The summed E-state index contributed by atoms with van der Waals surface area (Å²) in [6, 6.07) is 17.8. The van der Waals surface area contributed by atoms with Crippen LogP contribution in [0.4, 0.5) is 5.69 Å².